The molecule has 7 heteroatoms. The van der Waals surface area contributed by atoms with Crippen LogP contribution < -0.4 is 9.47 Å². The lowest BCUT2D eigenvalue weighted by Gasteiger charge is -2.39. The van der Waals surface area contributed by atoms with Crippen LogP contribution >= 0.6 is 0 Å². The molecule has 3 heterocycles. The molecule has 3 atom stereocenters. The topological polar surface area (TPSA) is 83.4 Å². The van der Waals surface area contributed by atoms with E-state index in [1.54, 1.807) is 0 Å². The molecule has 0 amide bonds. The predicted octanol–water partition coefficient (Wildman–Crippen LogP) is 3.96. The molecule has 7 nitrogen and oxygen atoms in total. The third kappa shape index (κ3) is 3.83. The zero-order valence-corrected chi connectivity index (χ0v) is 18.8. The smallest absolute Gasteiger partial charge is 0.315 e. The predicted molar refractivity (Wildman–Crippen MR) is 117 cm³/mol. The number of esters is 1. The molecule has 0 spiro atoms. The van der Waals surface area contributed by atoms with Gasteiger partial charge in [0.05, 0.1) is 6.10 Å². The number of carbonyl (C=O) groups is 2. The van der Waals surface area contributed by atoms with Gasteiger partial charge in [0.2, 0.25) is 6.79 Å². The van der Waals surface area contributed by atoms with Gasteiger partial charge in [0.25, 0.3) is 0 Å². The van der Waals surface area contributed by atoms with Crippen LogP contribution in [0, 0.1) is 11.3 Å². The summed E-state index contributed by atoms with van der Waals surface area (Å²) in [4.78, 5) is 31.5. The van der Waals surface area contributed by atoms with Crippen molar-refractivity contribution in [3.05, 3.63) is 35.0 Å². The molecule has 5 rings (SSSR count). The molecule has 170 valence electrons. The molecule has 0 radical (unpaired) electrons. The number of nitrogens with zero attached hydrogens (tertiary/aromatic N) is 1. The molecule has 0 bridgehead atoms. The van der Waals surface area contributed by atoms with Gasteiger partial charge in [-0.25, -0.2) is 0 Å². The van der Waals surface area contributed by atoms with Crippen molar-refractivity contribution in [3.63, 3.8) is 0 Å². The normalized spacial score (nSPS) is 28.4. The fourth-order valence-corrected chi connectivity index (χ4v) is 5.26. The average molecular weight is 440 g/mol. The fraction of sp³-hybridized carbons (Fsp3) is 0.560. The maximum Gasteiger partial charge on any atom is 0.315 e. The van der Waals surface area contributed by atoms with Crippen molar-refractivity contribution in [2.24, 2.45) is 16.3 Å². The van der Waals surface area contributed by atoms with E-state index in [9.17, 15) is 9.59 Å². The summed E-state index contributed by atoms with van der Waals surface area (Å²) >= 11 is 0. The van der Waals surface area contributed by atoms with Gasteiger partial charge >= 0.3 is 5.97 Å². The van der Waals surface area contributed by atoms with Crippen molar-refractivity contribution >= 4 is 17.5 Å². The molecule has 1 fully saturated rings. The molecule has 1 unspecified atom stereocenters. The Kier molecular flexibility index (Phi) is 5.32. The van der Waals surface area contributed by atoms with Gasteiger partial charge in [0.15, 0.2) is 17.3 Å². The van der Waals surface area contributed by atoms with Crippen molar-refractivity contribution in [3.8, 4) is 11.5 Å². The van der Waals surface area contributed by atoms with Crippen molar-refractivity contribution in [2.75, 3.05) is 20.0 Å². The van der Waals surface area contributed by atoms with Gasteiger partial charge in [-0.05, 0) is 49.3 Å². The maximum atomic E-state index is 13.3. The number of Topliss-reactive ketones (excluding diaryl/α,β-unsaturated/α-hetero) is 1. The highest BCUT2D eigenvalue weighted by molar-refractivity contribution is 6.09. The highest BCUT2D eigenvalue weighted by Gasteiger charge is 2.46. The van der Waals surface area contributed by atoms with Gasteiger partial charge in [0, 0.05) is 35.9 Å². The Morgan fingerprint density at radius 2 is 2.03 bits per heavy atom. The van der Waals surface area contributed by atoms with Gasteiger partial charge in [-0.15, -0.1) is 0 Å². The third-order valence-corrected chi connectivity index (χ3v) is 6.75. The fourth-order valence-electron chi connectivity index (χ4n) is 5.26. The zero-order valence-electron chi connectivity index (χ0n) is 18.8. The van der Waals surface area contributed by atoms with Crippen LogP contribution in [0.4, 0.5) is 0 Å². The molecule has 0 N–H and O–H groups in total. The van der Waals surface area contributed by atoms with Gasteiger partial charge < -0.3 is 18.9 Å². The van der Waals surface area contributed by atoms with E-state index in [0.29, 0.717) is 42.2 Å². The Bertz CT molecular complexity index is 1020. The lowest BCUT2D eigenvalue weighted by molar-refractivity contribution is -0.149. The molecule has 0 aromatic heterocycles. The maximum absolute atomic E-state index is 13.3. The number of carbonyl (C=O) groups excluding carboxylic acids is 2. The molecular weight excluding hydrogens is 410 g/mol. The van der Waals surface area contributed by atoms with Crippen LogP contribution in [0.1, 0.15) is 57.9 Å². The van der Waals surface area contributed by atoms with Gasteiger partial charge in [0.1, 0.15) is 12.5 Å². The zero-order chi connectivity index (χ0) is 22.5. The summed E-state index contributed by atoms with van der Waals surface area (Å²) in [7, 11) is 0. The number of hydrogen-bond acceptors (Lipinski definition) is 7. The first-order valence-corrected chi connectivity index (χ1v) is 11.3. The van der Waals surface area contributed by atoms with Crippen LogP contribution in [-0.2, 0) is 19.1 Å². The van der Waals surface area contributed by atoms with E-state index < -0.39 is 11.8 Å². The van der Waals surface area contributed by atoms with Gasteiger partial charge in [-0.1, -0.05) is 19.9 Å². The number of benzene rings is 1. The second-order valence-electron chi connectivity index (χ2n) is 9.89. The van der Waals surface area contributed by atoms with Gasteiger partial charge in [-0.2, -0.15) is 0 Å². The third-order valence-electron chi connectivity index (χ3n) is 6.75. The lowest BCUT2D eigenvalue weighted by Crippen LogP contribution is -2.40. The van der Waals surface area contributed by atoms with Crippen LogP contribution in [-0.4, -0.2) is 43.6 Å². The Morgan fingerprint density at radius 1 is 1.22 bits per heavy atom. The standard InChI is InChI=1S/C25H29NO6/c1-14-21(24(28)30-12-16-5-4-8-29-16)22(15-6-7-19-20(9-15)32-13-31-19)23-17(26-14)10-25(2,3)11-18(23)27/h6-7,9,16,21-22H,4-5,8,10-13H2,1-3H3/t16-,21?,22+/m0/s1. The molecular formula is C25H29NO6. The number of hydrogen-bond donors (Lipinski definition) is 0. The molecule has 1 aromatic carbocycles. The van der Waals surface area contributed by atoms with Crippen molar-refractivity contribution in [1.82, 2.24) is 0 Å². The summed E-state index contributed by atoms with van der Waals surface area (Å²) in [6.07, 6.45) is 2.94. The summed E-state index contributed by atoms with van der Waals surface area (Å²) in [6, 6.07) is 5.63. The van der Waals surface area contributed by atoms with E-state index >= 15 is 0 Å². The van der Waals surface area contributed by atoms with E-state index in [1.165, 1.54) is 0 Å². The Balaban J connectivity index is 1.53. The molecule has 4 aliphatic rings. The van der Waals surface area contributed by atoms with Crippen molar-refractivity contribution in [1.29, 1.82) is 0 Å². The summed E-state index contributed by atoms with van der Waals surface area (Å²) in [5.74, 6) is -0.156. The minimum absolute atomic E-state index is 0.0482. The summed E-state index contributed by atoms with van der Waals surface area (Å²) in [6.45, 7) is 7.11. The SMILES string of the molecule is CC1=NC2=C(C(=O)CC(C)(C)C2)[C@H](c2ccc3c(c2)OCO3)C1C(=O)OC[C@@H]1CCCO1. The number of ether oxygens (including phenoxy) is 4. The number of rotatable bonds is 4. The first-order chi connectivity index (χ1) is 15.3. The molecule has 3 aliphatic heterocycles. The molecule has 1 saturated heterocycles. The number of fused-ring (bicyclic) bond motifs is 1. The average Bonchev–Trinajstić information content (AvgIpc) is 3.41. The molecule has 0 saturated carbocycles. The first-order valence-electron chi connectivity index (χ1n) is 11.3. The summed E-state index contributed by atoms with van der Waals surface area (Å²) < 4.78 is 22.3. The minimum Gasteiger partial charge on any atom is -0.462 e. The van der Waals surface area contributed by atoms with Crippen LogP contribution in [0.25, 0.3) is 0 Å². The second-order valence-corrected chi connectivity index (χ2v) is 9.89. The molecule has 32 heavy (non-hydrogen) atoms. The van der Waals surface area contributed by atoms with Crippen LogP contribution in [0.5, 0.6) is 11.5 Å². The van der Waals surface area contributed by atoms with E-state index in [2.05, 4.69) is 13.8 Å². The molecule has 1 aromatic rings. The van der Waals surface area contributed by atoms with E-state index in [1.807, 2.05) is 25.1 Å². The summed E-state index contributed by atoms with van der Waals surface area (Å²) in [5, 5.41) is 0. The molecule has 1 aliphatic carbocycles. The van der Waals surface area contributed by atoms with Crippen molar-refractivity contribution in [2.45, 2.75) is 58.5 Å². The second kappa shape index (κ2) is 8.03. The van der Waals surface area contributed by atoms with Crippen molar-refractivity contribution < 1.29 is 28.5 Å². The Hall–Kier alpha value is -2.67. The highest BCUT2D eigenvalue weighted by Crippen LogP contribution is 2.49. The number of aliphatic imine (C=N–C) groups is 1. The number of ketones is 1. The largest absolute Gasteiger partial charge is 0.462 e. The highest BCUT2D eigenvalue weighted by atomic mass is 16.7. The van der Waals surface area contributed by atoms with Gasteiger partial charge in [-0.3, -0.25) is 14.6 Å². The van der Waals surface area contributed by atoms with Crippen LogP contribution in [0.2, 0.25) is 0 Å². The lowest BCUT2D eigenvalue weighted by atomic mass is 9.67. The van der Waals surface area contributed by atoms with Crippen LogP contribution in [0.3, 0.4) is 0 Å². The number of allylic oxidation sites excluding steroid dienone is 2. The first kappa shape index (κ1) is 21.2. The Labute approximate surface area is 187 Å². The van der Waals surface area contributed by atoms with E-state index in [4.69, 9.17) is 23.9 Å². The monoisotopic (exact) mass is 439 g/mol. The minimum atomic E-state index is -0.666. The van der Waals surface area contributed by atoms with Crippen LogP contribution in [0.15, 0.2) is 34.5 Å². The van der Waals surface area contributed by atoms with E-state index in [0.717, 1.165) is 24.1 Å². The Morgan fingerprint density at radius 3 is 2.81 bits per heavy atom. The van der Waals surface area contributed by atoms with E-state index in [-0.39, 0.29) is 36.7 Å². The summed E-state index contributed by atoms with van der Waals surface area (Å²) in [5.41, 5.74) is 2.77. The quantitative estimate of drug-likeness (QED) is 0.661.